The van der Waals surface area contributed by atoms with Crippen molar-refractivity contribution in [1.82, 2.24) is 0 Å². The van der Waals surface area contributed by atoms with Gasteiger partial charge in [0.2, 0.25) is 0 Å². The minimum Gasteiger partial charge on any atom is -0.370 e. The summed E-state index contributed by atoms with van der Waals surface area (Å²) in [5, 5.41) is 0. The maximum Gasteiger partial charge on any atom is 0.0426 e. The second-order valence-corrected chi connectivity index (χ2v) is 6.07. The average molecular weight is 333 g/mol. The number of anilines is 1. The van der Waals surface area contributed by atoms with Crippen molar-refractivity contribution in [3.63, 3.8) is 0 Å². The van der Waals surface area contributed by atoms with Crippen molar-refractivity contribution in [1.29, 1.82) is 0 Å². The molecule has 0 aromatic heterocycles. The maximum atomic E-state index is 5.73. The summed E-state index contributed by atoms with van der Waals surface area (Å²) in [5.41, 5.74) is 10.9. The Morgan fingerprint density at radius 2 is 1.80 bits per heavy atom. The number of nitrogens with two attached hydrogens (primary N) is 1. The number of benzene rings is 2. The van der Waals surface area contributed by atoms with E-state index >= 15 is 0 Å². The van der Waals surface area contributed by atoms with Crippen LogP contribution in [0.1, 0.15) is 16.7 Å². The molecule has 0 fully saturated rings. The zero-order valence-corrected chi connectivity index (χ0v) is 13.7. The molecule has 0 atom stereocenters. The van der Waals surface area contributed by atoms with Crippen molar-refractivity contribution in [2.24, 2.45) is 5.73 Å². The first kappa shape index (κ1) is 15.1. The SMILES string of the molecule is Cc1ccc(N(C)Cc2ccc(Br)cc2)c(CCN)c1. The van der Waals surface area contributed by atoms with Crippen LogP contribution in [-0.2, 0) is 13.0 Å². The van der Waals surface area contributed by atoms with Gasteiger partial charge in [-0.25, -0.2) is 0 Å². The summed E-state index contributed by atoms with van der Waals surface area (Å²) in [5.74, 6) is 0. The molecule has 0 aliphatic rings. The van der Waals surface area contributed by atoms with Crippen molar-refractivity contribution < 1.29 is 0 Å². The first-order valence-electron chi connectivity index (χ1n) is 6.85. The van der Waals surface area contributed by atoms with Crippen LogP contribution < -0.4 is 10.6 Å². The monoisotopic (exact) mass is 332 g/mol. The maximum absolute atomic E-state index is 5.73. The minimum atomic E-state index is 0.683. The third-order valence-corrected chi connectivity index (χ3v) is 3.92. The van der Waals surface area contributed by atoms with Crippen LogP contribution in [0.25, 0.3) is 0 Å². The minimum absolute atomic E-state index is 0.683. The highest BCUT2D eigenvalue weighted by molar-refractivity contribution is 9.10. The molecular formula is C17H21BrN2. The van der Waals surface area contributed by atoms with E-state index in [0.717, 1.165) is 17.4 Å². The van der Waals surface area contributed by atoms with Gasteiger partial charge >= 0.3 is 0 Å². The normalized spacial score (nSPS) is 10.6. The second kappa shape index (κ2) is 6.91. The lowest BCUT2D eigenvalue weighted by molar-refractivity contribution is 0.891. The van der Waals surface area contributed by atoms with Crippen LogP contribution in [0.15, 0.2) is 46.9 Å². The number of rotatable bonds is 5. The van der Waals surface area contributed by atoms with E-state index in [1.165, 1.54) is 22.4 Å². The molecule has 106 valence electrons. The number of hydrogen-bond acceptors (Lipinski definition) is 2. The lowest BCUT2D eigenvalue weighted by Crippen LogP contribution is -2.19. The second-order valence-electron chi connectivity index (χ2n) is 5.15. The Balaban J connectivity index is 2.19. The van der Waals surface area contributed by atoms with Crippen LogP contribution in [0.3, 0.4) is 0 Å². The Morgan fingerprint density at radius 1 is 1.10 bits per heavy atom. The van der Waals surface area contributed by atoms with Crippen molar-refractivity contribution in [3.05, 3.63) is 63.6 Å². The quantitative estimate of drug-likeness (QED) is 0.899. The molecule has 0 amide bonds. The Morgan fingerprint density at radius 3 is 2.45 bits per heavy atom. The average Bonchev–Trinajstić information content (AvgIpc) is 2.42. The van der Waals surface area contributed by atoms with E-state index in [4.69, 9.17) is 5.73 Å². The molecule has 0 spiro atoms. The van der Waals surface area contributed by atoms with Crippen LogP contribution in [0.4, 0.5) is 5.69 Å². The summed E-state index contributed by atoms with van der Waals surface area (Å²) in [6.07, 6.45) is 0.918. The zero-order valence-electron chi connectivity index (χ0n) is 12.1. The molecule has 20 heavy (non-hydrogen) atoms. The van der Waals surface area contributed by atoms with Crippen molar-refractivity contribution >= 4 is 21.6 Å². The Labute approximate surface area is 129 Å². The van der Waals surface area contributed by atoms with Crippen molar-refractivity contribution in [2.75, 3.05) is 18.5 Å². The van der Waals surface area contributed by atoms with Gasteiger partial charge in [-0.05, 0) is 49.2 Å². The van der Waals surface area contributed by atoms with Crippen LogP contribution in [-0.4, -0.2) is 13.6 Å². The van der Waals surface area contributed by atoms with Gasteiger partial charge in [-0.2, -0.15) is 0 Å². The standard InChI is InChI=1S/C17H21BrN2/c1-13-3-8-17(15(11-13)9-10-19)20(2)12-14-4-6-16(18)7-5-14/h3-8,11H,9-10,12,19H2,1-2H3. The fourth-order valence-corrected chi connectivity index (χ4v) is 2.66. The van der Waals surface area contributed by atoms with E-state index < -0.39 is 0 Å². The molecule has 2 aromatic rings. The van der Waals surface area contributed by atoms with E-state index in [1.54, 1.807) is 0 Å². The molecule has 0 saturated heterocycles. The van der Waals surface area contributed by atoms with Crippen LogP contribution in [0.2, 0.25) is 0 Å². The van der Waals surface area contributed by atoms with Gasteiger partial charge in [-0.3, -0.25) is 0 Å². The van der Waals surface area contributed by atoms with Gasteiger partial charge < -0.3 is 10.6 Å². The largest absolute Gasteiger partial charge is 0.370 e. The predicted octanol–water partition coefficient (Wildman–Crippen LogP) is 3.90. The Hall–Kier alpha value is -1.32. The molecule has 0 aliphatic carbocycles. The first-order chi connectivity index (χ1) is 9.60. The highest BCUT2D eigenvalue weighted by Crippen LogP contribution is 2.23. The third kappa shape index (κ3) is 3.84. The number of nitrogens with zero attached hydrogens (tertiary/aromatic N) is 1. The van der Waals surface area contributed by atoms with E-state index in [1.807, 2.05) is 0 Å². The van der Waals surface area contributed by atoms with Gasteiger partial charge in [-0.1, -0.05) is 45.8 Å². The van der Waals surface area contributed by atoms with Gasteiger partial charge in [0.25, 0.3) is 0 Å². The summed E-state index contributed by atoms with van der Waals surface area (Å²) >= 11 is 3.47. The van der Waals surface area contributed by atoms with E-state index in [9.17, 15) is 0 Å². The van der Waals surface area contributed by atoms with E-state index in [-0.39, 0.29) is 0 Å². The highest BCUT2D eigenvalue weighted by Gasteiger charge is 2.08. The fraction of sp³-hybridized carbons (Fsp3) is 0.294. The van der Waals surface area contributed by atoms with Crippen molar-refractivity contribution in [2.45, 2.75) is 19.9 Å². The first-order valence-corrected chi connectivity index (χ1v) is 7.64. The third-order valence-electron chi connectivity index (χ3n) is 3.39. The smallest absolute Gasteiger partial charge is 0.0426 e. The van der Waals surface area contributed by atoms with Crippen LogP contribution in [0.5, 0.6) is 0 Å². The van der Waals surface area contributed by atoms with Gasteiger partial charge in [0, 0.05) is 23.8 Å². The number of aryl methyl sites for hydroxylation is 1. The van der Waals surface area contributed by atoms with E-state index in [0.29, 0.717) is 6.54 Å². The fourth-order valence-electron chi connectivity index (χ4n) is 2.39. The summed E-state index contributed by atoms with van der Waals surface area (Å²) in [6.45, 7) is 3.70. The molecule has 0 heterocycles. The van der Waals surface area contributed by atoms with Gasteiger partial charge in [0.15, 0.2) is 0 Å². The van der Waals surface area contributed by atoms with Gasteiger partial charge in [-0.15, -0.1) is 0 Å². The lowest BCUT2D eigenvalue weighted by Gasteiger charge is -2.23. The summed E-state index contributed by atoms with van der Waals surface area (Å²) in [6, 6.07) is 15.1. The molecule has 0 aliphatic heterocycles. The molecule has 0 unspecified atom stereocenters. The molecular weight excluding hydrogens is 312 g/mol. The lowest BCUT2D eigenvalue weighted by atomic mass is 10.0. The van der Waals surface area contributed by atoms with Crippen LogP contribution in [0, 0.1) is 6.92 Å². The van der Waals surface area contributed by atoms with Crippen molar-refractivity contribution in [3.8, 4) is 0 Å². The zero-order chi connectivity index (χ0) is 14.5. The topological polar surface area (TPSA) is 29.3 Å². The number of hydrogen-bond donors (Lipinski definition) is 1. The number of halogens is 1. The molecule has 0 saturated carbocycles. The summed E-state index contributed by atoms with van der Waals surface area (Å²) in [4.78, 5) is 2.29. The molecule has 2 aromatic carbocycles. The van der Waals surface area contributed by atoms with Gasteiger partial charge in [0.1, 0.15) is 0 Å². The van der Waals surface area contributed by atoms with Gasteiger partial charge in [0.05, 0.1) is 0 Å². The molecule has 2 N–H and O–H groups in total. The molecule has 0 radical (unpaired) electrons. The Bertz CT molecular complexity index is 564. The predicted molar refractivity (Wildman–Crippen MR) is 90.2 cm³/mol. The molecule has 2 rings (SSSR count). The van der Waals surface area contributed by atoms with E-state index in [2.05, 4.69) is 77.3 Å². The summed E-state index contributed by atoms with van der Waals surface area (Å²) < 4.78 is 1.11. The molecule has 2 nitrogen and oxygen atoms in total. The molecule has 3 heteroatoms. The van der Waals surface area contributed by atoms with Crippen LogP contribution >= 0.6 is 15.9 Å². The Kier molecular flexibility index (Phi) is 5.21. The highest BCUT2D eigenvalue weighted by atomic mass is 79.9. The molecule has 0 bridgehead atoms. The summed E-state index contributed by atoms with van der Waals surface area (Å²) in [7, 11) is 2.13.